The Morgan fingerprint density at radius 2 is 2.00 bits per heavy atom. The van der Waals surface area contributed by atoms with Crippen LogP contribution in [-0.4, -0.2) is 43.9 Å². The van der Waals surface area contributed by atoms with Crippen molar-refractivity contribution >= 4 is 23.2 Å². The average molecular weight is 278 g/mol. The van der Waals surface area contributed by atoms with E-state index in [9.17, 15) is 9.59 Å². The monoisotopic (exact) mass is 278 g/mol. The molecule has 6 heteroatoms. The molecule has 0 aliphatic rings. The number of carbonyl (C=O) groups is 2. The molecule has 20 heavy (non-hydrogen) atoms. The van der Waals surface area contributed by atoms with E-state index in [-0.39, 0.29) is 18.4 Å². The van der Waals surface area contributed by atoms with Crippen LogP contribution in [0.1, 0.15) is 12.0 Å². The molecule has 0 fully saturated rings. The number of amides is 2. The number of carbonyl (C=O) groups excluding carboxylic acids is 2. The van der Waals surface area contributed by atoms with Gasteiger partial charge in [0, 0.05) is 31.4 Å². The molecule has 4 N–H and O–H groups in total. The summed E-state index contributed by atoms with van der Waals surface area (Å²) in [6.45, 7) is 2.67. The van der Waals surface area contributed by atoms with Crippen molar-refractivity contribution in [1.29, 1.82) is 0 Å². The molecule has 0 aliphatic heterocycles. The molecule has 1 rings (SSSR count). The van der Waals surface area contributed by atoms with Gasteiger partial charge in [0.15, 0.2) is 0 Å². The summed E-state index contributed by atoms with van der Waals surface area (Å²) in [5, 5.41) is 5.37. The molecule has 0 saturated carbocycles. The smallest absolute Gasteiger partial charge is 0.238 e. The quantitative estimate of drug-likeness (QED) is 0.664. The average Bonchev–Trinajstić information content (AvgIpc) is 2.40. The van der Waals surface area contributed by atoms with E-state index in [2.05, 4.69) is 10.6 Å². The third-order valence-corrected chi connectivity index (χ3v) is 2.95. The molecule has 6 nitrogen and oxygen atoms in total. The van der Waals surface area contributed by atoms with Crippen molar-refractivity contribution in [3.63, 3.8) is 0 Å². The predicted molar refractivity (Wildman–Crippen MR) is 80.4 cm³/mol. The summed E-state index contributed by atoms with van der Waals surface area (Å²) in [5.74, 6) is -0.165. The Hall–Kier alpha value is -2.08. The molecule has 0 saturated heterocycles. The van der Waals surface area contributed by atoms with Crippen LogP contribution in [0.4, 0.5) is 11.4 Å². The largest absolute Gasteiger partial charge is 0.399 e. The fourth-order valence-corrected chi connectivity index (χ4v) is 1.71. The zero-order chi connectivity index (χ0) is 15.1. The number of nitrogens with two attached hydrogens (primary N) is 1. The summed E-state index contributed by atoms with van der Waals surface area (Å²) in [6, 6.07) is 5.39. The van der Waals surface area contributed by atoms with Gasteiger partial charge in [-0.1, -0.05) is 6.07 Å². The molecule has 0 aliphatic carbocycles. The highest BCUT2D eigenvalue weighted by atomic mass is 16.2. The van der Waals surface area contributed by atoms with Crippen LogP contribution >= 0.6 is 0 Å². The van der Waals surface area contributed by atoms with E-state index >= 15 is 0 Å². The number of anilines is 2. The number of nitrogens with zero attached hydrogens (tertiary/aromatic N) is 1. The van der Waals surface area contributed by atoms with E-state index in [1.54, 1.807) is 31.1 Å². The van der Waals surface area contributed by atoms with Gasteiger partial charge in [-0.25, -0.2) is 0 Å². The number of nitrogen functional groups attached to an aromatic ring is 1. The first-order chi connectivity index (χ1) is 9.42. The second kappa shape index (κ2) is 7.49. The molecule has 1 aromatic carbocycles. The maximum atomic E-state index is 11.9. The summed E-state index contributed by atoms with van der Waals surface area (Å²) >= 11 is 0. The standard InChI is InChI=1S/C14H22N4O2/c1-10-4-5-11(15)8-12(10)17-14(20)9-18(3)7-6-13(19)16-2/h4-5,8H,6-7,9,15H2,1-3H3,(H,16,19)(H,17,20). The Labute approximate surface area is 119 Å². The minimum atomic E-state index is -0.127. The minimum absolute atomic E-state index is 0.0380. The Bertz CT molecular complexity index is 488. The summed E-state index contributed by atoms with van der Waals surface area (Å²) in [5.41, 5.74) is 7.98. The fraction of sp³-hybridized carbons (Fsp3) is 0.429. The zero-order valence-corrected chi connectivity index (χ0v) is 12.2. The van der Waals surface area contributed by atoms with Crippen LogP contribution in [0.5, 0.6) is 0 Å². The van der Waals surface area contributed by atoms with Crippen molar-refractivity contribution in [2.75, 3.05) is 38.2 Å². The number of rotatable bonds is 6. The maximum Gasteiger partial charge on any atom is 0.238 e. The van der Waals surface area contributed by atoms with Crippen LogP contribution in [0.25, 0.3) is 0 Å². The molecule has 0 unspecified atom stereocenters. The second-order valence-corrected chi connectivity index (χ2v) is 4.78. The Morgan fingerprint density at radius 1 is 1.30 bits per heavy atom. The Kier molecular flexibility index (Phi) is 5.99. The summed E-state index contributed by atoms with van der Waals surface area (Å²) in [7, 11) is 3.40. The lowest BCUT2D eigenvalue weighted by Gasteiger charge is -2.16. The third kappa shape index (κ3) is 5.27. The minimum Gasteiger partial charge on any atom is -0.399 e. The van der Waals surface area contributed by atoms with Crippen LogP contribution in [-0.2, 0) is 9.59 Å². The first-order valence-electron chi connectivity index (χ1n) is 6.47. The second-order valence-electron chi connectivity index (χ2n) is 4.78. The van der Waals surface area contributed by atoms with Gasteiger partial charge in [0.05, 0.1) is 6.54 Å². The number of hydrogen-bond acceptors (Lipinski definition) is 4. The molecule has 2 amide bonds. The van der Waals surface area contributed by atoms with Gasteiger partial charge in [-0.3, -0.25) is 14.5 Å². The number of benzene rings is 1. The van der Waals surface area contributed by atoms with Gasteiger partial charge in [0.25, 0.3) is 0 Å². The normalized spacial score (nSPS) is 10.4. The van der Waals surface area contributed by atoms with E-state index in [4.69, 9.17) is 5.73 Å². The van der Waals surface area contributed by atoms with Gasteiger partial charge < -0.3 is 16.4 Å². The topological polar surface area (TPSA) is 87.5 Å². The highest BCUT2D eigenvalue weighted by Crippen LogP contribution is 2.17. The first-order valence-corrected chi connectivity index (χ1v) is 6.47. The highest BCUT2D eigenvalue weighted by molar-refractivity contribution is 5.93. The van der Waals surface area contributed by atoms with Gasteiger partial charge in [-0.05, 0) is 31.7 Å². The van der Waals surface area contributed by atoms with Gasteiger partial charge >= 0.3 is 0 Å². The molecule has 110 valence electrons. The number of likely N-dealkylation sites (N-methyl/N-ethyl adjacent to an activating group) is 1. The van der Waals surface area contributed by atoms with Crippen LogP contribution in [0.3, 0.4) is 0 Å². The molecule has 1 aromatic rings. The van der Waals surface area contributed by atoms with Crippen LogP contribution in [0, 0.1) is 6.92 Å². The van der Waals surface area contributed by atoms with Gasteiger partial charge in [0.2, 0.25) is 11.8 Å². The van der Waals surface area contributed by atoms with E-state index < -0.39 is 0 Å². The number of hydrogen-bond donors (Lipinski definition) is 3. The van der Waals surface area contributed by atoms with Crippen LogP contribution in [0.2, 0.25) is 0 Å². The van der Waals surface area contributed by atoms with E-state index in [0.29, 0.717) is 18.7 Å². The van der Waals surface area contributed by atoms with Gasteiger partial charge in [-0.2, -0.15) is 0 Å². The molecular formula is C14H22N4O2. The zero-order valence-electron chi connectivity index (χ0n) is 12.2. The maximum absolute atomic E-state index is 11.9. The van der Waals surface area contributed by atoms with E-state index in [1.807, 2.05) is 13.0 Å². The van der Waals surface area contributed by atoms with Crippen molar-refractivity contribution in [3.8, 4) is 0 Å². The molecule has 0 atom stereocenters. The summed E-state index contributed by atoms with van der Waals surface area (Å²) < 4.78 is 0. The van der Waals surface area contributed by atoms with Crippen molar-refractivity contribution in [1.82, 2.24) is 10.2 Å². The van der Waals surface area contributed by atoms with Crippen molar-refractivity contribution in [2.24, 2.45) is 0 Å². The highest BCUT2D eigenvalue weighted by Gasteiger charge is 2.09. The van der Waals surface area contributed by atoms with Gasteiger partial charge in [-0.15, -0.1) is 0 Å². The van der Waals surface area contributed by atoms with Crippen molar-refractivity contribution in [2.45, 2.75) is 13.3 Å². The predicted octanol–water partition coefficient (Wildman–Crippen LogP) is 0.584. The van der Waals surface area contributed by atoms with Crippen molar-refractivity contribution < 1.29 is 9.59 Å². The Morgan fingerprint density at radius 3 is 2.65 bits per heavy atom. The van der Waals surface area contributed by atoms with Crippen LogP contribution < -0.4 is 16.4 Å². The lowest BCUT2D eigenvalue weighted by Crippen LogP contribution is -2.33. The first kappa shape index (κ1) is 16.0. The van der Waals surface area contributed by atoms with E-state index in [0.717, 1.165) is 11.3 Å². The third-order valence-electron chi connectivity index (χ3n) is 2.95. The fourth-order valence-electron chi connectivity index (χ4n) is 1.71. The van der Waals surface area contributed by atoms with Gasteiger partial charge in [0.1, 0.15) is 0 Å². The number of nitrogens with one attached hydrogen (secondary N) is 2. The SMILES string of the molecule is CNC(=O)CCN(C)CC(=O)Nc1cc(N)ccc1C. The molecule has 0 aromatic heterocycles. The molecule has 0 radical (unpaired) electrons. The number of aryl methyl sites for hydroxylation is 1. The molecular weight excluding hydrogens is 256 g/mol. The summed E-state index contributed by atoms with van der Waals surface area (Å²) in [6.07, 6.45) is 0.373. The lowest BCUT2D eigenvalue weighted by atomic mass is 10.2. The summed E-state index contributed by atoms with van der Waals surface area (Å²) in [4.78, 5) is 24.8. The van der Waals surface area contributed by atoms with E-state index in [1.165, 1.54) is 0 Å². The lowest BCUT2D eigenvalue weighted by molar-refractivity contribution is -0.122. The molecule has 0 bridgehead atoms. The van der Waals surface area contributed by atoms with Crippen LogP contribution in [0.15, 0.2) is 18.2 Å². The molecule has 0 spiro atoms. The molecule has 0 heterocycles. The van der Waals surface area contributed by atoms with Crippen molar-refractivity contribution in [3.05, 3.63) is 23.8 Å². The Balaban J connectivity index is 2.47.